The van der Waals surface area contributed by atoms with E-state index in [-0.39, 0.29) is 0 Å². The summed E-state index contributed by atoms with van der Waals surface area (Å²) in [4.78, 5) is 0. The summed E-state index contributed by atoms with van der Waals surface area (Å²) in [6.45, 7) is 8.30. The maximum Gasteiger partial charge on any atom is 0.0556 e. The predicted molar refractivity (Wildman–Crippen MR) is 79.2 cm³/mol. The molecule has 2 rings (SSSR count). The first-order valence-electron chi connectivity index (χ1n) is 7.05. The van der Waals surface area contributed by atoms with Gasteiger partial charge in [-0.3, -0.25) is 4.68 Å². The molecule has 0 saturated heterocycles. The SMILES string of the molecule is CCNC(Cc1cccc(C)c1)c1ccnn1CC. The van der Waals surface area contributed by atoms with Crippen LogP contribution < -0.4 is 5.32 Å². The fourth-order valence-electron chi connectivity index (χ4n) is 2.51. The van der Waals surface area contributed by atoms with E-state index in [4.69, 9.17) is 0 Å². The highest BCUT2D eigenvalue weighted by Crippen LogP contribution is 2.19. The van der Waals surface area contributed by atoms with Gasteiger partial charge in [-0.05, 0) is 38.4 Å². The Kier molecular flexibility index (Phi) is 4.74. The van der Waals surface area contributed by atoms with E-state index in [0.717, 1.165) is 19.5 Å². The molecule has 0 fully saturated rings. The number of rotatable bonds is 6. The van der Waals surface area contributed by atoms with Crippen LogP contribution in [-0.4, -0.2) is 16.3 Å². The lowest BCUT2D eigenvalue weighted by atomic mass is 10.0. The van der Waals surface area contributed by atoms with Crippen LogP contribution in [0.25, 0.3) is 0 Å². The molecule has 1 unspecified atom stereocenters. The number of nitrogens with one attached hydrogen (secondary N) is 1. The minimum Gasteiger partial charge on any atom is -0.309 e. The zero-order valence-electron chi connectivity index (χ0n) is 12.1. The first kappa shape index (κ1) is 13.8. The Morgan fingerprint density at radius 1 is 1.26 bits per heavy atom. The maximum absolute atomic E-state index is 4.37. The van der Waals surface area contributed by atoms with Crippen molar-refractivity contribution in [3.8, 4) is 0 Å². The average Bonchev–Trinajstić information content (AvgIpc) is 2.86. The summed E-state index contributed by atoms with van der Waals surface area (Å²) in [7, 11) is 0. The lowest BCUT2D eigenvalue weighted by Crippen LogP contribution is -2.25. The van der Waals surface area contributed by atoms with Crippen LogP contribution in [0, 0.1) is 6.92 Å². The molecule has 1 atom stereocenters. The minimum absolute atomic E-state index is 0.328. The minimum atomic E-state index is 0.328. The topological polar surface area (TPSA) is 29.9 Å². The maximum atomic E-state index is 4.37. The Hall–Kier alpha value is -1.61. The highest BCUT2D eigenvalue weighted by atomic mass is 15.3. The smallest absolute Gasteiger partial charge is 0.0556 e. The third-order valence-electron chi connectivity index (χ3n) is 3.38. The van der Waals surface area contributed by atoms with Gasteiger partial charge in [0.1, 0.15) is 0 Å². The van der Waals surface area contributed by atoms with Crippen LogP contribution in [0.15, 0.2) is 36.5 Å². The van der Waals surface area contributed by atoms with Gasteiger partial charge in [-0.15, -0.1) is 0 Å². The van der Waals surface area contributed by atoms with Crippen molar-refractivity contribution in [2.24, 2.45) is 0 Å². The Morgan fingerprint density at radius 3 is 2.79 bits per heavy atom. The molecule has 2 aromatic rings. The van der Waals surface area contributed by atoms with Gasteiger partial charge in [-0.25, -0.2) is 0 Å². The molecule has 1 aromatic heterocycles. The Morgan fingerprint density at radius 2 is 2.11 bits per heavy atom. The molecule has 0 radical (unpaired) electrons. The van der Waals surface area contributed by atoms with Crippen molar-refractivity contribution in [1.82, 2.24) is 15.1 Å². The van der Waals surface area contributed by atoms with Crippen LogP contribution >= 0.6 is 0 Å². The number of benzene rings is 1. The predicted octanol–water partition coefficient (Wildman–Crippen LogP) is 3.10. The second-order valence-electron chi connectivity index (χ2n) is 4.88. The summed E-state index contributed by atoms with van der Waals surface area (Å²) in [5.74, 6) is 0. The van der Waals surface area contributed by atoms with E-state index >= 15 is 0 Å². The molecular weight excluding hydrogens is 234 g/mol. The van der Waals surface area contributed by atoms with Crippen LogP contribution in [0.5, 0.6) is 0 Å². The number of hydrogen-bond acceptors (Lipinski definition) is 2. The third-order valence-corrected chi connectivity index (χ3v) is 3.38. The summed E-state index contributed by atoms with van der Waals surface area (Å²) >= 11 is 0. The van der Waals surface area contributed by atoms with Gasteiger partial charge < -0.3 is 5.32 Å². The lowest BCUT2D eigenvalue weighted by Gasteiger charge is -2.19. The molecule has 0 aliphatic carbocycles. The van der Waals surface area contributed by atoms with Gasteiger partial charge in [0.15, 0.2) is 0 Å². The van der Waals surface area contributed by atoms with E-state index in [1.54, 1.807) is 0 Å². The van der Waals surface area contributed by atoms with Gasteiger partial charge in [0, 0.05) is 12.7 Å². The van der Waals surface area contributed by atoms with E-state index in [1.165, 1.54) is 16.8 Å². The molecule has 1 N–H and O–H groups in total. The lowest BCUT2D eigenvalue weighted by molar-refractivity contribution is 0.490. The normalized spacial score (nSPS) is 12.6. The second kappa shape index (κ2) is 6.53. The summed E-state index contributed by atoms with van der Waals surface area (Å²) in [6.07, 6.45) is 2.89. The molecular formula is C16H23N3. The van der Waals surface area contributed by atoms with E-state index in [9.17, 15) is 0 Å². The van der Waals surface area contributed by atoms with Crippen LogP contribution in [-0.2, 0) is 13.0 Å². The molecule has 0 bridgehead atoms. The highest BCUT2D eigenvalue weighted by Gasteiger charge is 2.15. The van der Waals surface area contributed by atoms with Gasteiger partial charge in [0.05, 0.1) is 11.7 Å². The second-order valence-corrected chi connectivity index (χ2v) is 4.88. The van der Waals surface area contributed by atoms with Crippen LogP contribution in [0.1, 0.15) is 36.7 Å². The molecule has 0 spiro atoms. The van der Waals surface area contributed by atoms with E-state index in [0.29, 0.717) is 6.04 Å². The standard InChI is InChI=1S/C16H23N3/c1-4-17-15(16-9-10-18-19(16)5-2)12-14-8-6-7-13(3)11-14/h6-11,15,17H,4-5,12H2,1-3H3. The molecule has 0 aliphatic rings. The summed E-state index contributed by atoms with van der Waals surface area (Å²) in [5, 5.41) is 7.94. The van der Waals surface area contributed by atoms with Crippen molar-refractivity contribution >= 4 is 0 Å². The zero-order valence-corrected chi connectivity index (χ0v) is 12.1. The summed E-state index contributed by atoms with van der Waals surface area (Å²) < 4.78 is 2.07. The molecule has 0 saturated carbocycles. The molecule has 1 heterocycles. The average molecular weight is 257 g/mol. The van der Waals surface area contributed by atoms with Crippen molar-refractivity contribution < 1.29 is 0 Å². The first-order valence-corrected chi connectivity index (χ1v) is 7.05. The number of hydrogen-bond donors (Lipinski definition) is 1. The third kappa shape index (κ3) is 3.44. The van der Waals surface area contributed by atoms with E-state index in [2.05, 4.69) is 66.2 Å². The number of likely N-dealkylation sites (N-methyl/N-ethyl adjacent to an activating group) is 1. The van der Waals surface area contributed by atoms with Crippen molar-refractivity contribution in [2.75, 3.05) is 6.54 Å². The Balaban J connectivity index is 2.21. The van der Waals surface area contributed by atoms with Crippen molar-refractivity contribution in [1.29, 1.82) is 0 Å². The van der Waals surface area contributed by atoms with Crippen LogP contribution in [0.4, 0.5) is 0 Å². The fourth-order valence-corrected chi connectivity index (χ4v) is 2.51. The largest absolute Gasteiger partial charge is 0.309 e. The molecule has 19 heavy (non-hydrogen) atoms. The highest BCUT2D eigenvalue weighted by molar-refractivity contribution is 5.24. The van der Waals surface area contributed by atoms with E-state index in [1.807, 2.05) is 6.20 Å². The zero-order chi connectivity index (χ0) is 13.7. The van der Waals surface area contributed by atoms with Gasteiger partial charge in [0.2, 0.25) is 0 Å². The number of aromatic nitrogens is 2. The molecule has 0 aliphatic heterocycles. The quantitative estimate of drug-likeness (QED) is 0.861. The molecule has 3 heteroatoms. The van der Waals surface area contributed by atoms with Gasteiger partial charge in [-0.2, -0.15) is 5.10 Å². The van der Waals surface area contributed by atoms with Crippen molar-refractivity contribution in [3.63, 3.8) is 0 Å². The summed E-state index contributed by atoms with van der Waals surface area (Å²) in [5.41, 5.74) is 3.96. The Bertz CT molecular complexity index is 516. The van der Waals surface area contributed by atoms with Crippen LogP contribution in [0.3, 0.4) is 0 Å². The fraction of sp³-hybridized carbons (Fsp3) is 0.438. The number of nitrogens with zero attached hydrogens (tertiary/aromatic N) is 2. The molecule has 1 aromatic carbocycles. The van der Waals surface area contributed by atoms with Crippen molar-refractivity contribution in [2.45, 2.75) is 39.8 Å². The van der Waals surface area contributed by atoms with Crippen LogP contribution in [0.2, 0.25) is 0 Å². The van der Waals surface area contributed by atoms with E-state index < -0.39 is 0 Å². The molecule has 0 amide bonds. The van der Waals surface area contributed by atoms with Gasteiger partial charge >= 0.3 is 0 Å². The Labute approximate surface area is 115 Å². The number of aryl methyl sites for hydroxylation is 2. The monoisotopic (exact) mass is 257 g/mol. The van der Waals surface area contributed by atoms with Gasteiger partial charge in [0.25, 0.3) is 0 Å². The first-order chi connectivity index (χ1) is 9.24. The van der Waals surface area contributed by atoms with Crippen molar-refractivity contribution in [3.05, 3.63) is 53.3 Å². The molecule has 102 valence electrons. The molecule has 3 nitrogen and oxygen atoms in total. The summed E-state index contributed by atoms with van der Waals surface area (Å²) in [6, 6.07) is 11.2. The van der Waals surface area contributed by atoms with Gasteiger partial charge in [-0.1, -0.05) is 36.8 Å².